The molecule has 7 heteroatoms. The molecule has 118 valence electrons. The van der Waals surface area contributed by atoms with E-state index in [9.17, 15) is 9.59 Å². The first-order valence-corrected chi connectivity index (χ1v) is 7.82. The van der Waals surface area contributed by atoms with E-state index in [1.165, 1.54) is 11.3 Å². The van der Waals surface area contributed by atoms with Crippen molar-refractivity contribution < 1.29 is 14.3 Å². The molecular weight excluding hydrogens is 302 g/mol. The van der Waals surface area contributed by atoms with Gasteiger partial charge in [-0.05, 0) is 32.9 Å². The van der Waals surface area contributed by atoms with E-state index in [4.69, 9.17) is 4.74 Å². The monoisotopic (exact) mass is 321 g/mol. The molecule has 0 saturated heterocycles. The SMILES string of the molecule is CCOC(=O)c1sc([C@@H](C)NC(=O)c2cccn2C)nc1C. The largest absolute Gasteiger partial charge is 0.462 e. The maximum Gasteiger partial charge on any atom is 0.350 e. The van der Waals surface area contributed by atoms with Gasteiger partial charge in [0.1, 0.15) is 15.6 Å². The van der Waals surface area contributed by atoms with Gasteiger partial charge in [0.05, 0.1) is 18.3 Å². The summed E-state index contributed by atoms with van der Waals surface area (Å²) in [6.45, 7) is 5.69. The molecule has 0 saturated carbocycles. The number of hydrogen-bond donors (Lipinski definition) is 1. The summed E-state index contributed by atoms with van der Waals surface area (Å²) in [6, 6.07) is 3.28. The molecule has 0 unspecified atom stereocenters. The third-order valence-corrected chi connectivity index (χ3v) is 4.49. The lowest BCUT2D eigenvalue weighted by molar-refractivity contribution is 0.0531. The van der Waals surface area contributed by atoms with Gasteiger partial charge in [-0.1, -0.05) is 0 Å². The van der Waals surface area contributed by atoms with Gasteiger partial charge in [0, 0.05) is 13.2 Å². The molecule has 0 aromatic carbocycles. The Bertz CT molecular complexity index is 690. The van der Waals surface area contributed by atoms with Crippen molar-refractivity contribution in [3.05, 3.63) is 39.6 Å². The average molecular weight is 321 g/mol. The molecule has 6 nitrogen and oxygen atoms in total. The quantitative estimate of drug-likeness (QED) is 0.859. The minimum absolute atomic E-state index is 0.175. The van der Waals surface area contributed by atoms with Crippen molar-refractivity contribution in [1.82, 2.24) is 14.9 Å². The summed E-state index contributed by atoms with van der Waals surface area (Å²) in [5.74, 6) is -0.546. The Morgan fingerprint density at radius 2 is 2.23 bits per heavy atom. The second-order valence-electron chi connectivity index (χ2n) is 4.89. The smallest absolute Gasteiger partial charge is 0.350 e. The van der Waals surface area contributed by atoms with Crippen LogP contribution in [0.15, 0.2) is 18.3 Å². The summed E-state index contributed by atoms with van der Waals surface area (Å²) in [7, 11) is 1.81. The van der Waals surface area contributed by atoms with Crippen LogP contribution in [-0.2, 0) is 11.8 Å². The van der Waals surface area contributed by atoms with Crippen molar-refractivity contribution in [3.8, 4) is 0 Å². The van der Waals surface area contributed by atoms with Gasteiger partial charge in [0.2, 0.25) is 0 Å². The Labute approximate surface area is 133 Å². The first kappa shape index (κ1) is 16.2. The van der Waals surface area contributed by atoms with Crippen LogP contribution >= 0.6 is 11.3 Å². The number of rotatable bonds is 5. The predicted octanol–water partition coefficient (Wildman–Crippen LogP) is 2.46. The van der Waals surface area contributed by atoms with E-state index in [-0.39, 0.29) is 17.9 Å². The second kappa shape index (κ2) is 6.74. The van der Waals surface area contributed by atoms with Crippen molar-refractivity contribution in [2.45, 2.75) is 26.8 Å². The molecule has 1 N–H and O–H groups in total. The first-order valence-electron chi connectivity index (χ1n) is 7.00. The van der Waals surface area contributed by atoms with Gasteiger partial charge < -0.3 is 14.6 Å². The highest BCUT2D eigenvalue weighted by Gasteiger charge is 2.21. The third kappa shape index (κ3) is 3.36. The summed E-state index contributed by atoms with van der Waals surface area (Å²) in [4.78, 5) is 28.9. The molecule has 22 heavy (non-hydrogen) atoms. The van der Waals surface area contributed by atoms with Crippen molar-refractivity contribution in [2.75, 3.05) is 6.61 Å². The number of carbonyl (C=O) groups is 2. The van der Waals surface area contributed by atoms with Crippen LogP contribution in [0.1, 0.15) is 50.8 Å². The fourth-order valence-corrected chi connectivity index (χ4v) is 2.98. The van der Waals surface area contributed by atoms with Gasteiger partial charge in [-0.15, -0.1) is 11.3 Å². The molecule has 1 amide bonds. The zero-order chi connectivity index (χ0) is 16.3. The average Bonchev–Trinajstić information content (AvgIpc) is 3.05. The summed E-state index contributed by atoms with van der Waals surface area (Å²) in [6.07, 6.45) is 1.81. The van der Waals surface area contributed by atoms with Crippen LogP contribution in [0.2, 0.25) is 0 Å². The number of nitrogens with zero attached hydrogens (tertiary/aromatic N) is 2. The summed E-state index contributed by atoms with van der Waals surface area (Å²) in [5, 5.41) is 3.57. The number of hydrogen-bond acceptors (Lipinski definition) is 5. The lowest BCUT2D eigenvalue weighted by Gasteiger charge is -2.11. The van der Waals surface area contributed by atoms with Crippen molar-refractivity contribution in [1.29, 1.82) is 0 Å². The van der Waals surface area contributed by atoms with E-state index in [1.54, 1.807) is 24.5 Å². The van der Waals surface area contributed by atoms with Crippen LogP contribution in [0.25, 0.3) is 0 Å². The van der Waals surface area contributed by atoms with Crippen LogP contribution in [0.4, 0.5) is 0 Å². The molecule has 0 aliphatic carbocycles. The standard InChI is InChI=1S/C15H19N3O3S/c1-5-21-15(20)12-9(2)17-14(22-12)10(3)16-13(19)11-7-6-8-18(11)4/h6-8,10H,5H2,1-4H3,(H,16,19)/t10-/m1/s1. The molecule has 0 aliphatic heterocycles. The maximum absolute atomic E-state index is 12.2. The number of nitrogens with one attached hydrogen (secondary N) is 1. The van der Waals surface area contributed by atoms with E-state index < -0.39 is 0 Å². The topological polar surface area (TPSA) is 73.2 Å². The summed E-state index contributed by atoms with van der Waals surface area (Å²) >= 11 is 1.25. The predicted molar refractivity (Wildman–Crippen MR) is 84.1 cm³/mol. The van der Waals surface area contributed by atoms with Crippen LogP contribution in [0.5, 0.6) is 0 Å². The molecule has 0 spiro atoms. The fraction of sp³-hybridized carbons (Fsp3) is 0.400. The Balaban J connectivity index is 2.12. The van der Waals surface area contributed by atoms with E-state index in [2.05, 4.69) is 10.3 Å². The van der Waals surface area contributed by atoms with Crippen LogP contribution in [0.3, 0.4) is 0 Å². The van der Waals surface area contributed by atoms with E-state index >= 15 is 0 Å². The number of ether oxygens (including phenoxy) is 1. The highest BCUT2D eigenvalue weighted by Crippen LogP contribution is 2.24. The highest BCUT2D eigenvalue weighted by atomic mass is 32.1. The molecule has 0 aliphatic rings. The molecule has 2 heterocycles. The Morgan fingerprint density at radius 3 is 2.82 bits per heavy atom. The number of esters is 1. The lowest BCUT2D eigenvalue weighted by atomic mass is 10.3. The van der Waals surface area contributed by atoms with Gasteiger partial charge in [-0.3, -0.25) is 4.79 Å². The molecule has 2 rings (SSSR count). The summed E-state index contributed by atoms with van der Waals surface area (Å²) in [5.41, 5.74) is 1.20. The third-order valence-electron chi connectivity index (χ3n) is 3.17. The van der Waals surface area contributed by atoms with Gasteiger partial charge in [0.25, 0.3) is 5.91 Å². The maximum atomic E-state index is 12.2. The number of aryl methyl sites for hydroxylation is 2. The summed E-state index contributed by atoms with van der Waals surface area (Å²) < 4.78 is 6.75. The Hall–Kier alpha value is -2.15. The van der Waals surface area contributed by atoms with Crippen molar-refractivity contribution in [2.24, 2.45) is 7.05 Å². The molecule has 0 bridgehead atoms. The zero-order valence-corrected chi connectivity index (χ0v) is 13.9. The molecule has 0 fully saturated rings. The van der Waals surface area contributed by atoms with Crippen LogP contribution < -0.4 is 5.32 Å². The van der Waals surface area contributed by atoms with Gasteiger partial charge in [-0.2, -0.15) is 0 Å². The van der Waals surface area contributed by atoms with E-state index in [1.807, 2.05) is 26.2 Å². The van der Waals surface area contributed by atoms with E-state index in [0.717, 1.165) is 0 Å². The molecular formula is C15H19N3O3S. The molecule has 1 atom stereocenters. The lowest BCUT2D eigenvalue weighted by Crippen LogP contribution is -2.28. The van der Waals surface area contributed by atoms with Crippen LogP contribution in [-0.4, -0.2) is 28.0 Å². The van der Waals surface area contributed by atoms with Crippen molar-refractivity contribution >= 4 is 23.2 Å². The first-order chi connectivity index (χ1) is 10.4. The number of thiazole rings is 1. The van der Waals surface area contributed by atoms with Gasteiger partial charge >= 0.3 is 5.97 Å². The Kier molecular flexibility index (Phi) is 4.97. The minimum Gasteiger partial charge on any atom is -0.462 e. The number of amides is 1. The van der Waals surface area contributed by atoms with Gasteiger partial charge in [-0.25, -0.2) is 9.78 Å². The van der Waals surface area contributed by atoms with E-state index in [0.29, 0.717) is 27.9 Å². The van der Waals surface area contributed by atoms with Crippen LogP contribution in [0, 0.1) is 6.92 Å². The number of carbonyl (C=O) groups excluding carboxylic acids is 2. The molecule has 2 aromatic heterocycles. The number of aromatic nitrogens is 2. The van der Waals surface area contributed by atoms with Gasteiger partial charge in [0.15, 0.2) is 0 Å². The minimum atomic E-state index is -0.371. The normalized spacial score (nSPS) is 12.0. The Morgan fingerprint density at radius 1 is 1.50 bits per heavy atom. The molecule has 0 radical (unpaired) electrons. The second-order valence-corrected chi connectivity index (χ2v) is 5.92. The highest BCUT2D eigenvalue weighted by molar-refractivity contribution is 7.13. The van der Waals surface area contributed by atoms with Crippen molar-refractivity contribution in [3.63, 3.8) is 0 Å². The fourth-order valence-electron chi connectivity index (χ4n) is 2.02. The molecule has 2 aromatic rings. The zero-order valence-electron chi connectivity index (χ0n) is 13.0.